The van der Waals surface area contributed by atoms with Gasteiger partial charge in [0.2, 0.25) is 11.0 Å². The van der Waals surface area contributed by atoms with E-state index in [1.807, 2.05) is 18.2 Å². The number of hydrogen-bond donors (Lipinski definition) is 3. The summed E-state index contributed by atoms with van der Waals surface area (Å²) in [5, 5.41) is 23.3. The van der Waals surface area contributed by atoms with Crippen LogP contribution in [0, 0.1) is 0 Å². The van der Waals surface area contributed by atoms with E-state index in [4.69, 9.17) is 4.74 Å². The van der Waals surface area contributed by atoms with Gasteiger partial charge < -0.3 is 15.4 Å². The molecular formula is C18H14N6O3S. The minimum atomic E-state index is -0.233. The van der Waals surface area contributed by atoms with Crippen molar-refractivity contribution in [3.8, 4) is 16.3 Å². The summed E-state index contributed by atoms with van der Waals surface area (Å²) in [6, 6.07) is 10.7. The van der Waals surface area contributed by atoms with Crippen LogP contribution < -0.4 is 15.4 Å². The predicted molar refractivity (Wildman–Crippen MR) is 106 cm³/mol. The molecule has 0 aliphatic heterocycles. The average Bonchev–Trinajstić information content (AvgIpc) is 3.30. The number of anilines is 3. The molecule has 28 heavy (non-hydrogen) atoms. The molecule has 2 aromatic heterocycles. The standard InChI is InChI=1S/C18H14N6O3S/c1-10(26)20-14-4-11(6-15(7-14)27-9-25)17-23-24-18(28-17)21-13-2-3-16-12(5-13)8-19-22-16/h2-9H,1H3,(H,19,22)(H,20,26)(H,21,24). The van der Waals surface area contributed by atoms with Crippen molar-refractivity contribution in [2.24, 2.45) is 0 Å². The molecule has 0 radical (unpaired) electrons. The normalized spacial score (nSPS) is 10.6. The minimum absolute atomic E-state index is 0.233. The number of H-pyrrole nitrogens is 1. The SMILES string of the molecule is CC(=O)Nc1cc(OC=O)cc(-c2nnc(Nc3ccc4[nH]ncc4c3)s2)c1. The monoisotopic (exact) mass is 394 g/mol. The zero-order valence-electron chi connectivity index (χ0n) is 14.6. The first-order valence-corrected chi connectivity index (χ1v) is 8.99. The van der Waals surface area contributed by atoms with E-state index in [0.29, 0.717) is 33.6 Å². The van der Waals surface area contributed by atoms with Gasteiger partial charge in [0, 0.05) is 35.3 Å². The Kier molecular flexibility index (Phi) is 4.68. The van der Waals surface area contributed by atoms with Crippen LogP contribution >= 0.6 is 11.3 Å². The second kappa shape index (κ2) is 7.45. The molecule has 0 spiro atoms. The number of benzene rings is 2. The van der Waals surface area contributed by atoms with Gasteiger partial charge in [0.1, 0.15) is 10.8 Å². The number of nitrogens with one attached hydrogen (secondary N) is 3. The van der Waals surface area contributed by atoms with Gasteiger partial charge in [0.25, 0.3) is 6.47 Å². The highest BCUT2D eigenvalue weighted by atomic mass is 32.1. The summed E-state index contributed by atoms with van der Waals surface area (Å²) >= 11 is 1.33. The maximum Gasteiger partial charge on any atom is 0.298 e. The molecule has 0 unspecified atom stereocenters. The number of fused-ring (bicyclic) bond motifs is 1. The van der Waals surface area contributed by atoms with Crippen molar-refractivity contribution in [1.82, 2.24) is 20.4 Å². The number of rotatable bonds is 6. The van der Waals surface area contributed by atoms with Gasteiger partial charge in [0.15, 0.2) is 0 Å². The Morgan fingerprint density at radius 2 is 2.07 bits per heavy atom. The van der Waals surface area contributed by atoms with Crippen molar-refractivity contribution in [2.75, 3.05) is 10.6 Å². The van der Waals surface area contributed by atoms with Gasteiger partial charge in [-0.15, -0.1) is 10.2 Å². The van der Waals surface area contributed by atoms with Crippen molar-refractivity contribution in [3.63, 3.8) is 0 Å². The summed E-state index contributed by atoms with van der Waals surface area (Å²) in [5.74, 6) is 0.0647. The highest BCUT2D eigenvalue weighted by Gasteiger charge is 2.11. The largest absolute Gasteiger partial charge is 0.429 e. The fourth-order valence-corrected chi connectivity index (χ4v) is 3.41. The van der Waals surface area contributed by atoms with Crippen molar-refractivity contribution < 1.29 is 14.3 Å². The lowest BCUT2D eigenvalue weighted by Gasteiger charge is -2.07. The first-order valence-electron chi connectivity index (χ1n) is 8.18. The summed E-state index contributed by atoms with van der Waals surface area (Å²) in [5.41, 5.74) is 2.96. The summed E-state index contributed by atoms with van der Waals surface area (Å²) in [4.78, 5) is 22.0. The Morgan fingerprint density at radius 1 is 1.18 bits per heavy atom. The third kappa shape index (κ3) is 3.81. The first-order chi connectivity index (χ1) is 13.6. The topological polar surface area (TPSA) is 122 Å². The Bertz CT molecular complexity index is 1170. The molecule has 9 nitrogen and oxygen atoms in total. The van der Waals surface area contributed by atoms with Gasteiger partial charge in [-0.3, -0.25) is 14.7 Å². The van der Waals surface area contributed by atoms with Crippen LogP contribution in [-0.2, 0) is 9.59 Å². The molecule has 0 saturated heterocycles. The second-order valence-electron chi connectivity index (χ2n) is 5.85. The quantitative estimate of drug-likeness (QED) is 0.429. The summed E-state index contributed by atoms with van der Waals surface area (Å²) in [7, 11) is 0. The lowest BCUT2D eigenvalue weighted by molar-refractivity contribution is -0.120. The molecule has 4 aromatic rings. The molecular weight excluding hydrogens is 380 g/mol. The van der Waals surface area contributed by atoms with Crippen LogP contribution in [0.15, 0.2) is 42.6 Å². The van der Waals surface area contributed by atoms with E-state index in [9.17, 15) is 9.59 Å². The number of hydrogen-bond acceptors (Lipinski definition) is 8. The molecule has 2 heterocycles. The number of aromatic amines is 1. The lowest BCUT2D eigenvalue weighted by atomic mass is 10.2. The Morgan fingerprint density at radius 3 is 2.89 bits per heavy atom. The number of nitrogens with zero attached hydrogens (tertiary/aromatic N) is 3. The number of carbonyl (C=O) groups excluding carboxylic acids is 2. The van der Waals surface area contributed by atoms with Gasteiger partial charge in [-0.05, 0) is 30.3 Å². The van der Waals surface area contributed by atoms with E-state index in [0.717, 1.165) is 16.6 Å². The third-order valence-corrected chi connectivity index (χ3v) is 4.66. The van der Waals surface area contributed by atoms with E-state index in [2.05, 4.69) is 31.0 Å². The maximum atomic E-state index is 11.3. The molecule has 0 fully saturated rings. The zero-order chi connectivity index (χ0) is 19.5. The van der Waals surface area contributed by atoms with Gasteiger partial charge in [-0.2, -0.15) is 5.10 Å². The fraction of sp³-hybridized carbons (Fsp3) is 0.0556. The van der Waals surface area contributed by atoms with Crippen LogP contribution in [0.5, 0.6) is 5.75 Å². The van der Waals surface area contributed by atoms with Gasteiger partial charge in [-0.1, -0.05) is 11.3 Å². The molecule has 2 aromatic carbocycles. The minimum Gasteiger partial charge on any atom is -0.429 e. The first kappa shape index (κ1) is 17.6. The molecule has 0 bridgehead atoms. The van der Waals surface area contributed by atoms with E-state index in [1.165, 1.54) is 18.3 Å². The van der Waals surface area contributed by atoms with Gasteiger partial charge in [0.05, 0.1) is 11.7 Å². The number of ether oxygens (including phenoxy) is 1. The molecule has 0 atom stereocenters. The van der Waals surface area contributed by atoms with Crippen LogP contribution in [0.25, 0.3) is 21.5 Å². The van der Waals surface area contributed by atoms with Crippen LogP contribution in [0.1, 0.15) is 6.92 Å². The van der Waals surface area contributed by atoms with E-state index in [-0.39, 0.29) is 5.91 Å². The predicted octanol–water partition coefficient (Wildman–Crippen LogP) is 3.32. The highest BCUT2D eigenvalue weighted by molar-refractivity contribution is 7.18. The Hall–Kier alpha value is -3.79. The average molecular weight is 394 g/mol. The highest BCUT2D eigenvalue weighted by Crippen LogP contribution is 2.33. The number of aromatic nitrogens is 4. The van der Waals surface area contributed by atoms with E-state index < -0.39 is 0 Å². The van der Waals surface area contributed by atoms with E-state index >= 15 is 0 Å². The van der Waals surface area contributed by atoms with Crippen molar-refractivity contribution >= 4 is 51.1 Å². The Labute approximate surface area is 162 Å². The van der Waals surface area contributed by atoms with Gasteiger partial charge in [-0.25, -0.2) is 0 Å². The molecule has 140 valence electrons. The van der Waals surface area contributed by atoms with E-state index in [1.54, 1.807) is 24.4 Å². The van der Waals surface area contributed by atoms with Crippen LogP contribution in [-0.4, -0.2) is 32.8 Å². The molecule has 4 rings (SSSR count). The molecule has 3 N–H and O–H groups in total. The summed E-state index contributed by atoms with van der Waals surface area (Å²) < 4.78 is 4.93. The second-order valence-corrected chi connectivity index (χ2v) is 6.83. The van der Waals surface area contributed by atoms with Crippen molar-refractivity contribution in [1.29, 1.82) is 0 Å². The summed E-state index contributed by atoms with van der Waals surface area (Å²) in [6.45, 7) is 1.73. The van der Waals surface area contributed by atoms with Crippen molar-refractivity contribution in [2.45, 2.75) is 6.92 Å². The molecule has 0 aliphatic rings. The molecule has 0 aliphatic carbocycles. The van der Waals surface area contributed by atoms with Crippen LogP contribution in [0.4, 0.5) is 16.5 Å². The molecule has 1 amide bonds. The lowest BCUT2D eigenvalue weighted by Crippen LogP contribution is -2.06. The van der Waals surface area contributed by atoms with Gasteiger partial charge >= 0.3 is 0 Å². The molecule has 0 saturated carbocycles. The summed E-state index contributed by atoms with van der Waals surface area (Å²) in [6.07, 6.45) is 1.74. The Balaban J connectivity index is 1.61. The number of carbonyl (C=O) groups is 2. The third-order valence-electron chi connectivity index (χ3n) is 3.77. The van der Waals surface area contributed by atoms with Crippen LogP contribution in [0.2, 0.25) is 0 Å². The zero-order valence-corrected chi connectivity index (χ0v) is 15.4. The molecule has 10 heteroatoms. The smallest absolute Gasteiger partial charge is 0.298 e. The fourth-order valence-electron chi connectivity index (χ4n) is 2.66. The van der Waals surface area contributed by atoms with Crippen LogP contribution in [0.3, 0.4) is 0 Å². The maximum absolute atomic E-state index is 11.3. The number of amides is 1. The van der Waals surface area contributed by atoms with Crippen molar-refractivity contribution in [3.05, 3.63) is 42.6 Å².